The Bertz CT molecular complexity index is 418. The number of carbonyl (C=O) groups is 1. The maximum Gasteiger partial charge on any atom is 0.345 e. The van der Waals surface area contributed by atoms with Gasteiger partial charge in [-0.15, -0.1) is 0 Å². The standard InChI is InChI=1S/C10H16N4O3/c1-17-10(16)7-8(11)12-13-9(7)14-4-2-3-6(15)5-14/h6,15H,2-5H2,1H3,(H3,11,12,13). The van der Waals surface area contributed by atoms with Crippen molar-refractivity contribution in [3.63, 3.8) is 0 Å². The molecule has 1 atom stereocenters. The monoisotopic (exact) mass is 240 g/mol. The average molecular weight is 240 g/mol. The number of nitrogen functional groups attached to an aromatic ring is 1. The molecule has 0 bridgehead atoms. The maximum absolute atomic E-state index is 11.6. The van der Waals surface area contributed by atoms with Gasteiger partial charge in [-0.25, -0.2) is 4.79 Å². The van der Waals surface area contributed by atoms with E-state index in [1.165, 1.54) is 7.11 Å². The minimum absolute atomic E-state index is 0.187. The van der Waals surface area contributed by atoms with Crippen LogP contribution in [0.4, 0.5) is 11.6 Å². The van der Waals surface area contributed by atoms with Gasteiger partial charge in [0, 0.05) is 13.1 Å². The average Bonchev–Trinajstić information content (AvgIpc) is 2.70. The molecule has 1 saturated heterocycles. The minimum Gasteiger partial charge on any atom is -0.465 e. The van der Waals surface area contributed by atoms with E-state index in [1.54, 1.807) is 0 Å². The van der Waals surface area contributed by atoms with Crippen LogP contribution >= 0.6 is 0 Å². The normalized spacial score (nSPS) is 20.4. The fraction of sp³-hybridized carbons (Fsp3) is 0.600. The number of hydrogen-bond acceptors (Lipinski definition) is 6. The third kappa shape index (κ3) is 2.19. The summed E-state index contributed by atoms with van der Waals surface area (Å²) in [6, 6.07) is 0. The highest BCUT2D eigenvalue weighted by molar-refractivity contribution is 5.99. The topological polar surface area (TPSA) is 104 Å². The first-order valence-electron chi connectivity index (χ1n) is 5.48. The molecule has 0 spiro atoms. The summed E-state index contributed by atoms with van der Waals surface area (Å²) in [6.07, 6.45) is 1.23. The number of H-pyrrole nitrogens is 1. The highest BCUT2D eigenvalue weighted by Crippen LogP contribution is 2.26. The SMILES string of the molecule is COC(=O)c1c(N2CCCC(O)C2)n[nH]c1N. The molecule has 0 amide bonds. The van der Waals surface area contributed by atoms with Crippen LogP contribution in [0.2, 0.25) is 0 Å². The van der Waals surface area contributed by atoms with E-state index in [0.717, 1.165) is 19.4 Å². The summed E-state index contributed by atoms with van der Waals surface area (Å²) in [5, 5.41) is 16.2. The number of methoxy groups -OCH3 is 1. The van der Waals surface area contributed by atoms with Gasteiger partial charge in [0.25, 0.3) is 0 Å². The van der Waals surface area contributed by atoms with Gasteiger partial charge >= 0.3 is 5.97 Å². The van der Waals surface area contributed by atoms with Crippen molar-refractivity contribution in [2.24, 2.45) is 0 Å². The van der Waals surface area contributed by atoms with E-state index in [4.69, 9.17) is 5.73 Å². The number of carbonyl (C=O) groups excluding carboxylic acids is 1. The van der Waals surface area contributed by atoms with Gasteiger partial charge in [-0.05, 0) is 12.8 Å². The summed E-state index contributed by atoms with van der Waals surface area (Å²) >= 11 is 0. The van der Waals surface area contributed by atoms with Crippen molar-refractivity contribution in [3.05, 3.63) is 5.56 Å². The van der Waals surface area contributed by atoms with Crippen LogP contribution in [0.3, 0.4) is 0 Å². The molecule has 0 saturated carbocycles. The first-order valence-corrected chi connectivity index (χ1v) is 5.48. The van der Waals surface area contributed by atoms with Gasteiger partial charge < -0.3 is 20.5 Å². The van der Waals surface area contributed by atoms with Gasteiger partial charge in [0.2, 0.25) is 0 Å². The van der Waals surface area contributed by atoms with Crippen molar-refractivity contribution < 1.29 is 14.6 Å². The van der Waals surface area contributed by atoms with Crippen LogP contribution in [0.5, 0.6) is 0 Å². The van der Waals surface area contributed by atoms with Crippen molar-refractivity contribution in [2.75, 3.05) is 30.8 Å². The molecule has 17 heavy (non-hydrogen) atoms. The zero-order valence-corrected chi connectivity index (χ0v) is 9.64. The third-order valence-corrected chi connectivity index (χ3v) is 2.86. The van der Waals surface area contributed by atoms with Gasteiger partial charge in [0.05, 0.1) is 13.2 Å². The number of ether oxygens (including phenoxy) is 1. The molecular weight excluding hydrogens is 224 g/mol. The van der Waals surface area contributed by atoms with Crippen LogP contribution in [0.1, 0.15) is 23.2 Å². The Morgan fingerprint density at radius 1 is 1.71 bits per heavy atom. The predicted octanol–water partition coefficient (Wildman–Crippen LogP) is -0.260. The summed E-state index contributed by atoms with van der Waals surface area (Å²) in [4.78, 5) is 13.4. The first-order chi connectivity index (χ1) is 8.13. The van der Waals surface area contributed by atoms with E-state index < -0.39 is 12.1 Å². The molecule has 1 aliphatic heterocycles. The Morgan fingerprint density at radius 2 is 2.47 bits per heavy atom. The molecule has 7 heteroatoms. The Morgan fingerprint density at radius 3 is 3.12 bits per heavy atom. The Balaban J connectivity index is 2.28. The maximum atomic E-state index is 11.6. The number of anilines is 2. The molecule has 7 nitrogen and oxygen atoms in total. The second kappa shape index (κ2) is 4.62. The zero-order chi connectivity index (χ0) is 12.4. The fourth-order valence-electron chi connectivity index (χ4n) is 2.02. The first kappa shape index (κ1) is 11.7. The van der Waals surface area contributed by atoms with Gasteiger partial charge in [-0.2, -0.15) is 5.10 Å². The second-order valence-corrected chi connectivity index (χ2v) is 4.07. The molecule has 1 aromatic rings. The van der Waals surface area contributed by atoms with Crippen LogP contribution in [0.15, 0.2) is 0 Å². The number of esters is 1. The molecule has 2 heterocycles. The molecule has 1 aliphatic rings. The number of nitrogens with two attached hydrogens (primary N) is 1. The van der Waals surface area contributed by atoms with Crippen LogP contribution in [-0.2, 0) is 4.74 Å². The van der Waals surface area contributed by atoms with Crippen LogP contribution in [0, 0.1) is 0 Å². The lowest BCUT2D eigenvalue weighted by molar-refractivity contribution is 0.0602. The number of aliphatic hydroxyl groups is 1. The zero-order valence-electron chi connectivity index (χ0n) is 9.64. The van der Waals surface area contributed by atoms with Crippen molar-refractivity contribution in [3.8, 4) is 0 Å². The Kier molecular flexibility index (Phi) is 3.19. The molecule has 2 rings (SSSR count). The summed E-state index contributed by atoms with van der Waals surface area (Å²) < 4.78 is 4.67. The smallest absolute Gasteiger partial charge is 0.345 e. The van der Waals surface area contributed by atoms with E-state index in [0.29, 0.717) is 12.4 Å². The molecule has 0 aliphatic carbocycles. The van der Waals surface area contributed by atoms with Crippen molar-refractivity contribution in [1.82, 2.24) is 10.2 Å². The summed E-state index contributed by atoms with van der Waals surface area (Å²) in [5.41, 5.74) is 5.89. The molecule has 0 aromatic carbocycles. The van der Waals surface area contributed by atoms with Crippen molar-refractivity contribution in [1.29, 1.82) is 0 Å². The van der Waals surface area contributed by atoms with E-state index in [1.807, 2.05) is 4.90 Å². The molecule has 1 aromatic heterocycles. The highest BCUT2D eigenvalue weighted by Gasteiger charge is 2.27. The number of nitrogens with zero attached hydrogens (tertiary/aromatic N) is 2. The van der Waals surface area contributed by atoms with Gasteiger partial charge in [0.1, 0.15) is 11.4 Å². The summed E-state index contributed by atoms with van der Waals surface area (Å²) in [6.45, 7) is 1.19. The van der Waals surface area contributed by atoms with E-state index in [2.05, 4.69) is 14.9 Å². The lowest BCUT2D eigenvalue weighted by atomic mass is 10.1. The Labute approximate surface area is 98.5 Å². The quantitative estimate of drug-likeness (QED) is 0.615. The van der Waals surface area contributed by atoms with E-state index in [-0.39, 0.29) is 11.4 Å². The third-order valence-electron chi connectivity index (χ3n) is 2.86. The number of nitrogens with one attached hydrogen (secondary N) is 1. The van der Waals surface area contributed by atoms with E-state index >= 15 is 0 Å². The van der Waals surface area contributed by atoms with Crippen molar-refractivity contribution in [2.45, 2.75) is 18.9 Å². The van der Waals surface area contributed by atoms with Gasteiger partial charge in [-0.3, -0.25) is 5.10 Å². The minimum atomic E-state index is -0.522. The number of aromatic amines is 1. The van der Waals surface area contributed by atoms with Gasteiger partial charge in [0.15, 0.2) is 5.82 Å². The summed E-state index contributed by atoms with van der Waals surface area (Å²) in [7, 11) is 1.30. The lowest BCUT2D eigenvalue weighted by Crippen LogP contribution is -2.39. The number of rotatable bonds is 2. The summed E-state index contributed by atoms with van der Waals surface area (Å²) in [5.74, 6) is 0.117. The largest absolute Gasteiger partial charge is 0.465 e. The lowest BCUT2D eigenvalue weighted by Gasteiger charge is -2.30. The predicted molar refractivity (Wildman–Crippen MR) is 61.8 cm³/mol. The molecule has 0 radical (unpaired) electrons. The van der Waals surface area contributed by atoms with Crippen LogP contribution < -0.4 is 10.6 Å². The number of aliphatic hydroxyl groups excluding tert-OH is 1. The number of aromatic nitrogens is 2. The number of β-amino-alcohol motifs (C(OH)–C–C–N with tert-alkyl or cyclic N) is 1. The molecular formula is C10H16N4O3. The second-order valence-electron chi connectivity index (χ2n) is 4.07. The number of hydrogen-bond donors (Lipinski definition) is 3. The molecule has 94 valence electrons. The molecule has 1 unspecified atom stereocenters. The fourth-order valence-corrected chi connectivity index (χ4v) is 2.02. The van der Waals surface area contributed by atoms with E-state index in [9.17, 15) is 9.90 Å². The van der Waals surface area contributed by atoms with Crippen molar-refractivity contribution >= 4 is 17.6 Å². The Hall–Kier alpha value is -1.76. The number of piperidine rings is 1. The molecule has 4 N–H and O–H groups in total. The highest BCUT2D eigenvalue weighted by atomic mass is 16.5. The van der Waals surface area contributed by atoms with Crippen LogP contribution in [0.25, 0.3) is 0 Å². The molecule has 1 fully saturated rings. The van der Waals surface area contributed by atoms with Gasteiger partial charge in [-0.1, -0.05) is 0 Å². The van der Waals surface area contributed by atoms with Crippen LogP contribution in [-0.4, -0.2) is 47.6 Å².